The van der Waals surface area contributed by atoms with E-state index < -0.39 is 0 Å². The molecule has 48 valence electrons. The zero-order valence-corrected chi connectivity index (χ0v) is 8.09. The first-order chi connectivity index (χ1) is 2.56. The zero-order valence-electron chi connectivity index (χ0n) is 7.89. The molecule has 8 heavy (non-hydrogen) atoms. The summed E-state index contributed by atoms with van der Waals surface area (Å²) in [7, 11) is 6.19. The summed E-state index contributed by atoms with van der Waals surface area (Å²) in [6, 6.07) is 0. The van der Waals surface area contributed by atoms with Crippen molar-refractivity contribution in [3.63, 3.8) is 0 Å². The molecular formula is C5H15CaNO. The van der Waals surface area contributed by atoms with E-state index in [1.807, 2.05) is 6.20 Å². The van der Waals surface area contributed by atoms with Gasteiger partial charge in [-0.2, -0.15) is 0 Å². The van der Waals surface area contributed by atoms with Crippen LogP contribution in [0.2, 0.25) is 0 Å². The van der Waals surface area contributed by atoms with Crippen LogP contribution in [0.15, 0.2) is 12.8 Å². The zero-order chi connectivity index (χ0) is 5.21. The average Bonchev–Trinajstić information content (AvgIpc) is 1.35. The van der Waals surface area contributed by atoms with Gasteiger partial charge in [-0.15, -0.1) is 0 Å². The Morgan fingerprint density at radius 3 is 1.50 bits per heavy atom. The molecule has 3 heteroatoms. The Morgan fingerprint density at radius 2 is 1.50 bits per heavy atom. The molecule has 0 bridgehead atoms. The molecule has 0 rings (SSSR count). The SMILES string of the molecule is C=C[N+](C)(C)C.[Ca+2].[H-].[H-].[OH-]. The molecule has 0 heterocycles. The van der Waals surface area contributed by atoms with Gasteiger partial charge in [0, 0.05) is 0 Å². The van der Waals surface area contributed by atoms with E-state index in [0.29, 0.717) is 0 Å². The average molecular weight is 145 g/mol. The van der Waals surface area contributed by atoms with Crippen LogP contribution in [-0.2, 0) is 0 Å². The quantitative estimate of drug-likeness (QED) is 0.390. The van der Waals surface area contributed by atoms with E-state index in [9.17, 15) is 0 Å². The second-order valence-electron chi connectivity index (χ2n) is 2.30. The van der Waals surface area contributed by atoms with Crippen LogP contribution >= 0.6 is 0 Å². The molecule has 0 radical (unpaired) electrons. The Morgan fingerprint density at radius 1 is 1.38 bits per heavy atom. The molecule has 0 saturated carbocycles. The van der Waals surface area contributed by atoms with Gasteiger partial charge in [-0.1, -0.05) is 0 Å². The van der Waals surface area contributed by atoms with Crippen LogP contribution in [0.5, 0.6) is 0 Å². The predicted molar refractivity (Wildman–Crippen MR) is 38.1 cm³/mol. The van der Waals surface area contributed by atoms with Crippen LogP contribution in [-0.4, -0.2) is 68.8 Å². The summed E-state index contributed by atoms with van der Waals surface area (Å²) in [5.41, 5.74) is 0. The molecule has 0 spiro atoms. The molecule has 2 nitrogen and oxygen atoms in total. The Kier molecular flexibility index (Phi) is 12.1. The van der Waals surface area contributed by atoms with Gasteiger partial charge in [0.2, 0.25) is 0 Å². The van der Waals surface area contributed by atoms with E-state index in [0.717, 1.165) is 4.48 Å². The molecule has 0 aromatic heterocycles. The largest absolute Gasteiger partial charge is 2.00 e. The van der Waals surface area contributed by atoms with Crippen molar-refractivity contribution in [3.05, 3.63) is 12.8 Å². The minimum Gasteiger partial charge on any atom is -1.00 e. The smallest absolute Gasteiger partial charge is 1.00 e. The first-order valence-electron chi connectivity index (χ1n) is 2.01. The molecule has 0 aromatic rings. The van der Waals surface area contributed by atoms with Crippen molar-refractivity contribution in [3.8, 4) is 0 Å². The molecule has 0 saturated heterocycles. The Bertz CT molecular complexity index is 65.2. The molecule has 0 amide bonds. The van der Waals surface area contributed by atoms with Gasteiger partial charge in [-0.05, 0) is 6.58 Å². The molecule has 1 N–H and O–H groups in total. The number of quaternary nitrogens is 1. The molecule has 0 atom stereocenters. The van der Waals surface area contributed by atoms with Crippen LogP contribution in [0.4, 0.5) is 0 Å². The summed E-state index contributed by atoms with van der Waals surface area (Å²) in [6.07, 6.45) is 1.88. The third-order valence-corrected chi connectivity index (χ3v) is 0.548. The molecule has 0 aliphatic rings. The van der Waals surface area contributed by atoms with Crippen LogP contribution in [0.3, 0.4) is 0 Å². The van der Waals surface area contributed by atoms with Crippen LogP contribution in [0.25, 0.3) is 0 Å². The Labute approximate surface area is 84.0 Å². The van der Waals surface area contributed by atoms with E-state index in [-0.39, 0.29) is 46.1 Å². The maximum absolute atomic E-state index is 3.60. The summed E-state index contributed by atoms with van der Waals surface area (Å²) < 4.78 is 0.833. The second-order valence-corrected chi connectivity index (χ2v) is 2.30. The fourth-order valence-electron chi connectivity index (χ4n) is 0. The number of hydrogen-bond donors (Lipinski definition) is 0. The molecule has 0 fully saturated rings. The van der Waals surface area contributed by atoms with Crippen molar-refractivity contribution in [1.29, 1.82) is 0 Å². The standard InChI is InChI=1S/C5H12N.Ca.H2O.2H/c1-5-6(2,3)4;;;;/h5H,1H2,2-4H3;;1H2;;/q+1;+2;;2*-1/p-1. The number of hydrogen-bond acceptors (Lipinski definition) is 1. The van der Waals surface area contributed by atoms with Crippen molar-refractivity contribution in [2.75, 3.05) is 21.1 Å². The van der Waals surface area contributed by atoms with Gasteiger partial charge in [-0.3, -0.25) is 0 Å². The van der Waals surface area contributed by atoms with Gasteiger partial charge in [-0.25, -0.2) is 0 Å². The first-order valence-corrected chi connectivity index (χ1v) is 2.01. The number of nitrogens with zero attached hydrogens (tertiary/aromatic N) is 1. The van der Waals surface area contributed by atoms with Crippen LogP contribution < -0.4 is 0 Å². The Balaban J connectivity index is -0.0000000208. The van der Waals surface area contributed by atoms with E-state index in [1.165, 1.54) is 0 Å². The molecule has 0 aliphatic heterocycles. The normalized spacial score (nSPS) is 8.38. The predicted octanol–water partition coefficient (Wildman–Crippen LogP) is 0.504. The van der Waals surface area contributed by atoms with Gasteiger partial charge in [0.1, 0.15) is 0 Å². The van der Waals surface area contributed by atoms with Gasteiger partial charge in [0.25, 0.3) is 0 Å². The van der Waals surface area contributed by atoms with Crippen LogP contribution in [0, 0.1) is 0 Å². The molecular weight excluding hydrogens is 130 g/mol. The van der Waals surface area contributed by atoms with Gasteiger partial charge < -0.3 is 12.8 Å². The summed E-state index contributed by atoms with van der Waals surface area (Å²) >= 11 is 0. The topological polar surface area (TPSA) is 30.0 Å². The summed E-state index contributed by atoms with van der Waals surface area (Å²) in [5.74, 6) is 0. The molecule has 0 aliphatic carbocycles. The molecule has 0 unspecified atom stereocenters. The maximum Gasteiger partial charge on any atom is 2.00 e. The maximum atomic E-state index is 3.60. The fourth-order valence-corrected chi connectivity index (χ4v) is 0. The third kappa shape index (κ3) is 15.8. The van der Waals surface area contributed by atoms with E-state index in [2.05, 4.69) is 27.7 Å². The minimum atomic E-state index is 0. The van der Waals surface area contributed by atoms with E-state index >= 15 is 0 Å². The summed E-state index contributed by atoms with van der Waals surface area (Å²) in [4.78, 5) is 0. The minimum absolute atomic E-state index is 0. The van der Waals surface area contributed by atoms with Crippen molar-refractivity contribution < 1.29 is 12.8 Å². The Hall–Kier alpha value is 0.920. The number of rotatable bonds is 1. The van der Waals surface area contributed by atoms with Gasteiger partial charge >= 0.3 is 37.7 Å². The monoisotopic (exact) mass is 145 g/mol. The third-order valence-electron chi connectivity index (χ3n) is 0.548. The van der Waals surface area contributed by atoms with Gasteiger partial charge in [0.05, 0.1) is 27.3 Å². The first kappa shape index (κ1) is 16.0. The van der Waals surface area contributed by atoms with Crippen molar-refractivity contribution in [2.24, 2.45) is 0 Å². The van der Waals surface area contributed by atoms with E-state index in [4.69, 9.17) is 0 Å². The van der Waals surface area contributed by atoms with E-state index in [1.54, 1.807) is 0 Å². The van der Waals surface area contributed by atoms with Crippen molar-refractivity contribution in [2.45, 2.75) is 0 Å². The van der Waals surface area contributed by atoms with Crippen LogP contribution in [0.1, 0.15) is 2.85 Å². The van der Waals surface area contributed by atoms with Crippen molar-refractivity contribution in [1.82, 2.24) is 0 Å². The van der Waals surface area contributed by atoms with Crippen molar-refractivity contribution >= 4 is 37.7 Å². The fraction of sp³-hybridized carbons (Fsp3) is 0.600. The summed E-state index contributed by atoms with van der Waals surface area (Å²) in [6.45, 7) is 3.60. The summed E-state index contributed by atoms with van der Waals surface area (Å²) in [5, 5.41) is 0. The van der Waals surface area contributed by atoms with Gasteiger partial charge in [0.15, 0.2) is 0 Å². The second kappa shape index (κ2) is 6.05. The molecule has 0 aromatic carbocycles.